The first-order valence-electron chi connectivity index (χ1n) is 13.0. The molecule has 8 heteroatoms. The number of aliphatic hydroxyl groups excluding tert-OH is 2. The fraction of sp³-hybridized carbons (Fsp3) is 0.586. The number of ether oxygens (including phenoxy) is 1. The maximum absolute atomic E-state index is 13.3. The quantitative estimate of drug-likeness (QED) is 0.147. The van der Waals surface area contributed by atoms with Gasteiger partial charge in [-0.05, 0) is 48.8 Å². The zero-order valence-corrected chi connectivity index (χ0v) is 23.6. The molecule has 0 amide bonds. The van der Waals surface area contributed by atoms with Gasteiger partial charge in [0.1, 0.15) is 11.9 Å². The zero-order chi connectivity index (χ0) is 27.7. The van der Waals surface area contributed by atoms with Crippen molar-refractivity contribution in [2.45, 2.75) is 96.1 Å². The molecule has 0 saturated carbocycles. The fourth-order valence-electron chi connectivity index (χ4n) is 5.13. The van der Waals surface area contributed by atoms with E-state index in [4.69, 9.17) is 10.5 Å². The van der Waals surface area contributed by atoms with Gasteiger partial charge in [-0.15, -0.1) is 0 Å². The van der Waals surface area contributed by atoms with E-state index in [1.54, 1.807) is 20.8 Å². The predicted molar refractivity (Wildman–Crippen MR) is 148 cm³/mol. The van der Waals surface area contributed by atoms with Crippen LogP contribution in [0.15, 0.2) is 46.2 Å². The van der Waals surface area contributed by atoms with Gasteiger partial charge >= 0.3 is 5.97 Å². The Bertz CT molecular complexity index is 1070. The zero-order valence-electron chi connectivity index (χ0n) is 22.8. The molecule has 1 fully saturated rings. The van der Waals surface area contributed by atoms with Crippen LogP contribution in [0, 0.1) is 17.3 Å². The van der Waals surface area contributed by atoms with E-state index in [1.165, 1.54) is 11.8 Å². The summed E-state index contributed by atoms with van der Waals surface area (Å²) < 4.78 is 5.86. The minimum absolute atomic E-state index is 0.112. The molecule has 2 heterocycles. The number of nitrogen functional groups attached to an aromatic ring is 1. The minimum Gasteiger partial charge on any atom is -0.457 e. The molecule has 7 nitrogen and oxygen atoms in total. The number of allylic oxidation sites excluding steroid dienone is 1. The highest BCUT2D eigenvalue weighted by Gasteiger charge is 2.47. The number of fused-ring (bicyclic) bond motifs is 1. The van der Waals surface area contributed by atoms with Gasteiger partial charge in [0.2, 0.25) is 0 Å². The average Bonchev–Trinajstić information content (AvgIpc) is 3.58. The molecule has 7 atom stereocenters. The first-order chi connectivity index (χ1) is 17.2. The van der Waals surface area contributed by atoms with Gasteiger partial charge in [-0.3, -0.25) is 9.59 Å². The molecule has 37 heavy (non-hydrogen) atoms. The van der Waals surface area contributed by atoms with Crippen molar-refractivity contribution in [1.82, 2.24) is 5.32 Å². The van der Waals surface area contributed by atoms with Crippen LogP contribution in [-0.4, -0.2) is 46.3 Å². The summed E-state index contributed by atoms with van der Waals surface area (Å²) in [6.07, 6.45) is 0.291. The number of Topliss-reactive ketones (excluding diaryl/α,β-unsaturated/α-hetero) is 1. The molecule has 5 N–H and O–H groups in total. The van der Waals surface area contributed by atoms with Crippen LogP contribution in [0.3, 0.4) is 0 Å². The molecule has 2 aliphatic rings. The summed E-state index contributed by atoms with van der Waals surface area (Å²) in [6, 6.07) is 5.94. The van der Waals surface area contributed by atoms with E-state index in [2.05, 4.69) is 18.0 Å². The van der Waals surface area contributed by atoms with Crippen LogP contribution in [0.25, 0.3) is 0 Å². The van der Waals surface area contributed by atoms with Gasteiger partial charge in [0.25, 0.3) is 0 Å². The van der Waals surface area contributed by atoms with Gasteiger partial charge in [0, 0.05) is 35.0 Å². The molecule has 0 spiro atoms. The average molecular weight is 531 g/mol. The van der Waals surface area contributed by atoms with Crippen molar-refractivity contribution in [3.63, 3.8) is 0 Å². The largest absolute Gasteiger partial charge is 0.457 e. The van der Waals surface area contributed by atoms with E-state index in [9.17, 15) is 19.8 Å². The van der Waals surface area contributed by atoms with Crippen molar-refractivity contribution in [2.24, 2.45) is 17.3 Å². The lowest BCUT2D eigenvalue weighted by Gasteiger charge is -2.34. The van der Waals surface area contributed by atoms with Crippen LogP contribution >= 0.6 is 11.8 Å². The second-order valence-electron chi connectivity index (χ2n) is 11.3. The number of benzene rings is 1. The number of rotatable bonds is 3. The van der Waals surface area contributed by atoms with Gasteiger partial charge in [0.15, 0.2) is 0 Å². The van der Waals surface area contributed by atoms with Gasteiger partial charge in [-0.25, -0.2) is 0 Å². The molecule has 2 unspecified atom stereocenters. The third kappa shape index (κ3) is 7.05. The Kier molecular flexibility index (Phi) is 9.32. The number of esters is 1. The SMILES string of the molecule is C=C(C)Sc1ccc([C@@H]2C/C=C(/C)CC3NC3[C@H](C)[C@H](O)[C@@H](C)C(=O)C(C)(C)[C@@H](O)CC(=O)O2)cc1N. The van der Waals surface area contributed by atoms with Gasteiger partial charge in [-0.2, -0.15) is 0 Å². The summed E-state index contributed by atoms with van der Waals surface area (Å²) in [4.78, 5) is 28.1. The molecule has 0 aromatic heterocycles. The smallest absolute Gasteiger partial charge is 0.309 e. The number of cyclic esters (lactones) is 1. The summed E-state index contributed by atoms with van der Waals surface area (Å²) in [5.41, 5.74) is 7.54. The third-order valence-corrected chi connectivity index (χ3v) is 8.72. The Morgan fingerprint density at radius 3 is 2.51 bits per heavy atom. The number of nitrogens with two attached hydrogens (primary N) is 1. The van der Waals surface area contributed by atoms with E-state index >= 15 is 0 Å². The number of ketones is 1. The van der Waals surface area contributed by atoms with Crippen LogP contribution in [0.4, 0.5) is 5.69 Å². The van der Waals surface area contributed by atoms with Gasteiger partial charge in [0.05, 0.1) is 24.0 Å². The molecule has 1 aromatic carbocycles. The lowest BCUT2D eigenvalue weighted by Crippen LogP contribution is -2.46. The highest BCUT2D eigenvalue weighted by molar-refractivity contribution is 8.03. The molecule has 2 aliphatic heterocycles. The van der Waals surface area contributed by atoms with Crippen molar-refractivity contribution < 1.29 is 24.5 Å². The number of anilines is 1. The van der Waals surface area contributed by atoms with Gasteiger partial charge in [-0.1, -0.05) is 63.8 Å². The number of nitrogens with one attached hydrogen (secondary N) is 1. The molecular formula is C29H42N2O5S. The van der Waals surface area contributed by atoms with Crippen LogP contribution in [0.5, 0.6) is 0 Å². The van der Waals surface area contributed by atoms with Crippen LogP contribution in [0.1, 0.15) is 72.5 Å². The molecule has 0 aliphatic carbocycles. The molecule has 0 bridgehead atoms. The van der Waals surface area contributed by atoms with Crippen molar-refractivity contribution in [2.75, 3.05) is 5.73 Å². The third-order valence-electron chi connectivity index (χ3n) is 7.78. The number of carbonyl (C=O) groups excluding carboxylic acids is 2. The summed E-state index contributed by atoms with van der Waals surface area (Å²) in [6.45, 7) is 14.7. The number of aliphatic hydroxyl groups is 2. The molecule has 204 valence electrons. The Hall–Kier alpha value is -2.13. The van der Waals surface area contributed by atoms with E-state index in [-0.39, 0.29) is 30.2 Å². The maximum Gasteiger partial charge on any atom is 0.309 e. The lowest BCUT2D eigenvalue weighted by molar-refractivity contribution is -0.155. The highest BCUT2D eigenvalue weighted by atomic mass is 32.2. The standard InChI is InChI=1S/C29H42N2O5S/c1-15(2)37-23-11-9-19(13-20(23)30)22-10-8-16(3)12-21-26(31-21)17(4)27(34)18(5)28(35)29(6,7)24(32)14-25(33)36-22/h8-9,11,13,17-18,21-22,24,26-27,31-32,34H,1,10,12,14,30H2,2-7H3/b16-8-/t17-,18+,21?,22-,24-,26?,27-/m0/s1. The Balaban J connectivity index is 1.92. The second-order valence-corrected chi connectivity index (χ2v) is 12.7. The van der Waals surface area contributed by atoms with Crippen LogP contribution in [0.2, 0.25) is 0 Å². The van der Waals surface area contributed by atoms with E-state index in [0.717, 1.165) is 27.4 Å². The normalized spacial score (nSPS) is 34.6. The molecular weight excluding hydrogens is 488 g/mol. The van der Waals surface area contributed by atoms with Crippen molar-refractivity contribution in [1.29, 1.82) is 0 Å². The van der Waals surface area contributed by atoms with E-state index in [1.807, 2.05) is 39.0 Å². The molecule has 1 aromatic rings. The van der Waals surface area contributed by atoms with Crippen LogP contribution < -0.4 is 11.1 Å². The van der Waals surface area contributed by atoms with Crippen molar-refractivity contribution in [3.8, 4) is 0 Å². The van der Waals surface area contributed by atoms with Gasteiger partial charge < -0.3 is 26.0 Å². The van der Waals surface area contributed by atoms with Crippen molar-refractivity contribution in [3.05, 3.63) is 46.9 Å². The monoisotopic (exact) mass is 530 g/mol. The lowest BCUT2D eigenvalue weighted by atomic mass is 9.73. The summed E-state index contributed by atoms with van der Waals surface area (Å²) in [5, 5.41) is 25.3. The minimum atomic E-state index is -1.26. The number of thioether (sulfide) groups is 1. The Morgan fingerprint density at radius 2 is 1.89 bits per heavy atom. The first-order valence-corrected chi connectivity index (χ1v) is 13.8. The Labute approximate surface area is 224 Å². The second kappa shape index (κ2) is 11.7. The summed E-state index contributed by atoms with van der Waals surface area (Å²) in [5.74, 6) is -1.69. The number of hydrogen-bond acceptors (Lipinski definition) is 8. The molecule has 0 radical (unpaired) electrons. The molecule has 3 rings (SSSR count). The van der Waals surface area contributed by atoms with E-state index in [0.29, 0.717) is 12.1 Å². The maximum atomic E-state index is 13.3. The summed E-state index contributed by atoms with van der Waals surface area (Å²) in [7, 11) is 0. The van der Waals surface area contributed by atoms with Crippen LogP contribution in [-0.2, 0) is 14.3 Å². The topological polar surface area (TPSA) is 132 Å². The fourth-order valence-corrected chi connectivity index (χ4v) is 5.82. The first kappa shape index (κ1) is 29.4. The predicted octanol–water partition coefficient (Wildman–Crippen LogP) is 4.54. The van der Waals surface area contributed by atoms with E-state index < -0.39 is 35.6 Å². The summed E-state index contributed by atoms with van der Waals surface area (Å²) >= 11 is 1.48. The Morgan fingerprint density at radius 1 is 1.22 bits per heavy atom. The number of carbonyl (C=O) groups is 2. The molecule has 1 saturated heterocycles. The van der Waals surface area contributed by atoms with Crippen molar-refractivity contribution >= 4 is 29.2 Å². The highest BCUT2D eigenvalue weighted by Crippen LogP contribution is 2.37. The number of hydrogen-bond donors (Lipinski definition) is 4.